The van der Waals surface area contributed by atoms with E-state index in [1.165, 1.54) is 12.4 Å². The molecule has 15 heteroatoms. The number of nitrogens with zero attached hydrogens (tertiary/aromatic N) is 4. The summed E-state index contributed by atoms with van der Waals surface area (Å²) in [6, 6.07) is -0.0107. The number of amides is 2. The van der Waals surface area contributed by atoms with Crippen LogP contribution in [0.3, 0.4) is 0 Å². The fourth-order valence-electron chi connectivity index (χ4n) is 3.57. The van der Waals surface area contributed by atoms with Gasteiger partial charge in [0.05, 0.1) is 11.1 Å². The van der Waals surface area contributed by atoms with Crippen molar-refractivity contribution in [2.75, 3.05) is 5.73 Å². The lowest BCUT2D eigenvalue weighted by atomic mass is 9.86. The van der Waals surface area contributed by atoms with Crippen LogP contribution in [-0.2, 0) is 14.4 Å². The number of nitrogens with two attached hydrogens (primary N) is 1. The molecule has 0 saturated carbocycles. The van der Waals surface area contributed by atoms with Gasteiger partial charge in [0, 0.05) is 22.2 Å². The molecule has 5 N–H and O–H groups in total. The molecule has 1 saturated heterocycles. The molecule has 0 aromatic carbocycles. The standard InChI is InChI=1S/C18H14Cl2N6O5S2/c19-6-3-4-22-5-9(6)32-8-2-1-7-10(16(28)26(7)13(8)17(29)30)23-15(27)12(25-31)11-14(20)33-18(21)24-11/h3-5,7,10,31H,1-2H2,(H2,21,24)(H,23,27)(H,29,30)/b25-12-/t7?,10-/m0/s1. The van der Waals surface area contributed by atoms with Gasteiger partial charge >= 0.3 is 5.97 Å². The van der Waals surface area contributed by atoms with Crippen molar-refractivity contribution in [2.24, 2.45) is 5.16 Å². The number of allylic oxidation sites excluding steroid dienone is 1. The molecule has 11 nitrogen and oxygen atoms in total. The number of fused-ring (bicyclic) bond motifs is 1. The molecule has 2 aromatic heterocycles. The number of aliphatic carboxylic acids is 1. The van der Waals surface area contributed by atoms with Crippen molar-refractivity contribution in [2.45, 2.75) is 29.8 Å². The van der Waals surface area contributed by atoms with Gasteiger partial charge in [-0.3, -0.25) is 19.5 Å². The highest BCUT2D eigenvalue weighted by Crippen LogP contribution is 2.44. The number of oxime groups is 1. The highest BCUT2D eigenvalue weighted by Gasteiger charge is 2.54. The molecule has 0 aliphatic carbocycles. The number of nitrogens with one attached hydrogen (secondary N) is 1. The summed E-state index contributed by atoms with van der Waals surface area (Å²) < 4.78 is 0.0431. The minimum absolute atomic E-state index is 0.0431. The second kappa shape index (κ2) is 9.17. The van der Waals surface area contributed by atoms with Gasteiger partial charge in [-0.25, -0.2) is 9.78 Å². The number of carbonyl (C=O) groups excluding carboxylic acids is 2. The first kappa shape index (κ1) is 23.3. The first-order chi connectivity index (χ1) is 15.7. The van der Waals surface area contributed by atoms with Gasteiger partial charge in [-0.1, -0.05) is 51.5 Å². The Balaban J connectivity index is 1.55. The lowest BCUT2D eigenvalue weighted by Crippen LogP contribution is -2.72. The average molecular weight is 529 g/mol. The van der Waals surface area contributed by atoms with Crippen molar-refractivity contribution in [1.29, 1.82) is 0 Å². The summed E-state index contributed by atoms with van der Waals surface area (Å²) in [7, 11) is 0. The smallest absolute Gasteiger partial charge is 0.353 e. The Morgan fingerprint density at radius 3 is 2.76 bits per heavy atom. The maximum Gasteiger partial charge on any atom is 0.353 e. The molecule has 4 heterocycles. The first-order valence-electron chi connectivity index (χ1n) is 9.24. The van der Waals surface area contributed by atoms with Gasteiger partial charge in [0.25, 0.3) is 11.8 Å². The number of rotatable bonds is 6. The summed E-state index contributed by atoms with van der Waals surface area (Å²) in [5.74, 6) is -2.78. The summed E-state index contributed by atoms with van der Waals surface area (Å²) >= 11 is 14.2. The molecule has 4 rings (SSSR count). The summed E-state index contributed by atoms with van der Waals surface area (Å²) in [6.45, 7) is 0. The van der Waals surface area contributed by atoms with Crippen LogP contribution in [0.25, 0.3) is 0 Å². The van der Waals surface area contributed by atoms with Crippen molar-refractivity contribution >= 4 is 74.9 Å². The number of halogens is 2. The number of carboxylic acid groups (broad SMARTS) is 1. The van der Waals surface area contributed by atoms with E-state index in [-0.39, 0.29) is 20.9 Å². The summed E-state index contributed by atoms with van der Waals surface area (Å²) in [5.41, 5.74) is 4.76. The summed E-state index contributed by atoms with van der Waals surface area (Å²) in [5, 5.41) is 25.0. The van der Waals surface area contributed by atoms with E-state index < -0.39 is 35.6 Å². The maximum absolute atomic E-state index is 12.8. The number of thiazole rings is 1. The van der Waals surface area contributed by atoms with Crippen LogP contribution >= 0.6 is 46.3 Å². The Morgan fingerprint density at radius 1 is 1.39 bits per heavy atom. The van der Waals surface area contributed by atoms with Crippen molar-refractivity contribution in [3.63, 3.8) is 0 Å². The second-order valence-electron chi connectivity index (χ2n) is 6.87. The van der Waals surface area contributed by atoms with Crippen LogP contribution in [0.4, 0.5) is 5.13 Å². The Bertz CT molecular complexity index is 1230. The Kier molecular flexibility index (Phi) is 6.47. The molecule has 0 spiro atoms. The molecule has 1 unspecified atom stereocenters. The molecule has 2 amide bonds. The molecule has 2 atom stereocenters. The largest absolute Gasteiger partial charge is 0.477 e. The van der Waals surface area contributed by atoms with E-state index in [1.807, 2.05) is 0 Å². The quantitative estimate of drug-likeness (QED) is 0.189. The highest BCUT2D eigenvalue weighted by atomic mass is 35.5. The second-order valence-corrected chi connectivity index (χ2v) is 10.1. The number of carbonyl (C=O) groups is 3. The molecule has 2 aromatic rings. The molecule has 0 bridgehead atoms. The van der Waals surface area contributed by atoms with E-state index in [9.17, 15) is 24.7 Å². The van der Waals surface area contributed by atoms with Crippen molar-refractivity contribution < 1.29 is 24.7 Å². The number of hydrogen-bond acceptors (Lipinski definition) is 10. The number of carboxylic acids is 1. The van der Waals surface area contributed by atoms with Crippen LogP contribution in [0, 0.1) is 0 Å². The topological polar surface area (TPSA) is 171 Å². The zero-order valence-corrected chi connectivity index (χ0v) is 19.5. The van der Waals surface area contributed by atoms with Gasteiger partial charge in [0.15, 0.2) is 10.8 Å². The molecular formula is C18H14Cl2N6O5S2. The number of β-lactam (4-membered cyclic amide) rings is 1. The molecule has 172 valence electrons. The number of anilines is 1. The number of pyridine rings is 1. The molecule has 2 aliphatic rings. The maximum atomic E-state index is 12.8. The normalized spacial score (nSPS) is 20.4. The Labute approximate surface area is 204 Å². The van der Waals surface area contributed by atoms with E-state index in [0.29, 0.717) is 27.7 Å². The fourth-order valence-corrected chi connectivity index (χ4v) is 5.77. The lowest BCUT2D eigenvalue weighted by Gasteiger charge is -2.50. The molecule has 1 fully saturated rings. The zero-order valence-electron chi connectivity index (χ0n) is 16.4. The predicted octanol–water partition coefficient (Wildman–Crippen LogP) is 2.18. The molecular weight excluding hydrogens is 515 g/mol. The fraction of sp³-hybridized carbons (Fsp3) is 0.222. The van der Waals surface area contributed by atoms with Gasteiger partial charge in [0.2, 0.25) is 0 Å². The predicted molar refractivity (Wildman–Crippen MR) is 121 cm³/mol. The number of aromatic nitrogens is 2. The zero-order chi connectivity index (χ0) is 23.9. The summed E-state index contributed by atoms with van der Waals surface area (Å²) in [4.78, 5) is 47.5. The highest BCUT2D eigenvalue weighted by molar-refractivity contribution is 8.03. The van der Waals surface area contributed by atoms with Crippen LogP contribution in [0.2, 0.25) is 9.36 Å². The van der Waals surface area contributed by atoms with Crippen LogP contribution in [0.5, 0.6) is 0 Å². The van der Waals surface area contributed by atoms with Gasteiger partial charge in [-0.05, 0) is 18.9 Å². The van der Waals surface area contributed by atoms with Crippen molar-refractivity contribution in [3.8, 4) is 0 Å². The Morgan fingerprint density at radius 2 is 2.15 bits per heavy atom. The van der Waals surface area contributed by atoms with E-state index in [2.05, 4.69) is 20.4 Å². The number of hydrogen-bond donors (Lipinski definition) is 4. The lowest BCUT2D eigenvalue weighted by molar-refractivity contribution is -0.155. The van der Waals surface area contributed by atoms with E-state index in [0.717, 1.165) is 28.0 Å². The SMILES string of the molecule is Nc1nc(/C(=N/O)C(=O)N[C@@H]2C(=O)N3C(C(=O)O)=C(Sc4cnccc4Cl)CCC23)c(Cl)s1. The van der Waals surface area contributed by atoms with Gasteiger partial charge in [-0.2, -0.15) is 0 Å². The van der Waals surface area contributed by atoms with Gasteiger partial charge < -0.3 is 21.4 Å². The monoisotopic (exact) mass is 528 g/mol. The molecule has 2 aliphatic heterocycles. The third-order valence-electron chi connectivity index (χ3n) is 4.99. The number of nitrogen functional groups attached to an aromatic ring is 1. The third kappa shape index (κ3) is 4.24. The van der Waals surface area contributed by atoms with E-state index in [4.69, 9.17) is 28.9 Å². The molecule has 0 radical (unpaired) electrons. The minimum atomic E-state index is -1.28. The first-order valence-corrected chi connectivity index (χ1v) is 11.6. The minimum Gasteiger partial charge on any atom is -0.477 e. The van der Waals surface area contributed by atoms with E-state index in [1.54, 1.807) is 6.07 Å². The Hall–Kier alpha value is -2.87. The third-order valence-corrected chi connectivity index (χ3v) is 7.70. The van der Waals surface area contributed by atoms with Gasteiger partial charge in [-0.15, -0.1) is 0 Å². The van der Waals surface area contributed by atoms with Crippen LogP contribution in [0.15, 0.2) is 39.1 Å². The van der Waals surface area contributed by atoms with Gasteiger partial charge in [0.1, 0.15) is 21.8 Å². The van der Waals surface area contributed by atoms with Crippen LogP contribution in [-0.4, -0.2) is 60.8 Å². The van der Waals surface area contributed by atoms with Crippen molar-refractivity contribution in [1.82, 2.24) is 20.2 Å². The van der Waals surface area contributed by atoms with Crippen LogP contribution in [0.1, 0.15) is 18.5 Å². The summed E-state index contributed by atoms with van der Waals surface area (Å²) in [6.07, 6.45) is 3.76. The number of thioether (sulfide) groups is 1. The van der Waals surface area contributed by atoms with Crippen molar-refractivity contribution in [3.05, 3.63) is 44.1 Å². The molecule has 33 heavy (non-hydrogen) atoms. The average Bonchev–Trinajstić information content (AvgIpc) is 3.11. The van der Waals surface area contributed by atoms with Crippen LogP contribution < -0.4 is 11.1 Å². The van der Waals surface area contributed by atoms with E-state index >= 15 is 0 Å².